The molecule has 2 heterocycles. The Labute approximate surface area is 151 Å². The second kappa shape index (κ2) is 6.56. The van der Waals surface area contributed by atoms with Crippen LogP contribution in [0.1, 0.15) is 54.0 Å². The predicted molar refractivity (Wildman–Crippen MR) is 98.4 cm³/mol. The highest BCUT2D eigenvalue weighted by Gasteiger charge is 2.26. The van der Waals surface area contributed by atoms with E-state index >= 15 is 0 Å². The molecule has 1 aromatic carbocycles. The lowest BCUT2D eigenvalue weighted by atomic mass is 9.97. The van der Waals surface area contributed by atoms with Gasteiger partial charge in [0.15, 0.2) is 0 Å². The van der Waals surface area contributed by atoms with Crippen LogP contribution in [-0.2, 0) is 4.79 Å². The molecule has 2 aliphatic rings. The minimum absolute atomic E-state index is 0.0264. The summed E-state index contributed by atoms with van der Waals surface area (Å²) in [6.07, 6.45) is 5.30. The van der Waals surface area contributed by atoms with Gasteiger partial charge in [-0.3, -0.25) is 9.59 Å². The number of amides is 1. The van der Waals surface area contributed by atoms with Crippen molar-refractivity contribution in [1.29, 1.82) is 0 Å². The molecule has 4 nitrogen and oxygen atoms in total. The number of hydrogen-bond acceptors (Lipinski definition) is 2. The van der Waals surface area contributed by atoms with Crippen molar-refractivity contribution in [2.75, 3.05) is 0 Å². The van der Waals surface area contributed by atoms with E-state index in [1.54, 1.807) is 19.1 Å². The molecule has 26 heavy (non-hydrogen) atoms. The minimum atomic E-state index is -0.264. The molecule has 1 saturated carbocycles. The van der Waals surface area contributed by atoms with Gasteiger partial charge < -0.3 is 10.3 Å². The summed E-state index contributed by atoms with van der Waals surface area (Å²) in [6, 6.07) is 8.62. The van der Waals surface area contributed by atoms with E-state index < -0.39 is 0 Å². The number of carbonyl (C=O) groups excluding carboxylic acids is 1. The number of halogens is 1. The van der Waals surface area contributed by atoms with Crippen molar-refractivity contribution in [3.8, 4) is 0 Å². The van der Waals surface area contributed by atoms with Gasteiger partial charge >= 0.3 is 0 Å². The van der Waals surface area contributed by atoms with Crippen LogP contribution in [0.5, 0.6) is 0 Å². The van der Waals surface area contributed by atoms with Crippen LogP contribution < -0.4 is 10.9 Å². The van der Waals surface area contributed by atoms with Gasteiger partial charge in [0, 0.05) is 29.3 Å². The van der Waals surface area contributed by atoms with E-state index in [-0.39, 0.29) is 23.3 Å². The zero-order chi connectivity index (χ0) is 18.3. The fourth-order valence-electron chi connectivity index (χ4n) is 3.48. The van der Waals surface area contributed by atoms with Crippen molar-refractivity contribution in [2.24, 2.45) is 0 Å². The summed E-state index contributed by atoms with van der Waals surface area (Å²) in [7, 11) is 0. The Hall–Kier alpha value is -2.69. The number of aromatic nitrogens is 1. The van der Waals surface area contributed by atoms with Crippen LogP contribution in [0, 0.1) is 12.7 Å². The van der Waals surface area contributed by atoms with E-state index in [0.29, 0.717) is 30.0 Å². The molecule has 0 radical (unpaired) electrons. The van der Waals surface area contributed by atoms with Crippen LogP contribution in [0.2, 0.25) is 0 Å². The lowest BCUT2D eigenvalue weighted by Crippen LogP contribution is -2.23. The molecule has 5 heteroatoms. The first kappa shape index (κ1) is 16.8. The SMILES string of the molecule is Cc1cc(/C(=C/[C@H]2CCC(=O)N2)c2ccc(C3CC3)c(=O)[nH]2)ccc1F. The van der Waals surface area contributed by atoms with Gasteiger partial charge in [0.2, 0.25) is 5.91 Å². The summed E-state index contributed by atoms with van der Waals surface area (Å²) >= 11 is 0. The highest BCUT2D eigenvalue weighted by Crippen LogP contribution is 2.38. The Morgan fingerprint density at radius 1 is 1.15 bits per heavy atom. The topological polar surface area (TPSA) is 62.0 Å². The van der Waals surface area contributed by atoms with E-state index in [1.807, 2.05) is 18.2 Å². The Balaban J connectivity index is 1.78. The van der Waals surface area contributed by atoms with Gasteiger partial charge in [-0.2, -0.15) is 0 Å². The fraction of sp³-hybridized carbons (Fsp3) is 0.333. The maximum Gasteiger partial charge on any atom is 0.251 e. The first-order valence-electron chi connectivity index (χ1n) is 9.02. The molecule has 1 aromatic heterocycles. The Morgan fingerprint density at radius 3 is 2.58 bits per heavy atom. The second-order valence-corrected chi connectivity index (χ2v) is 7.19. The number of benzene rings is 1. The van der Waals surface area contributed by atoms with Crippen molar-refractivity contribution < 1.29 is 9.18 Å². The van der Waals surface area contributed by atoms with Gasteiger partial charge in [0.25, 0.3) is 5.56 Å². The van der Waals surface area contributed by atoms with E-state index in [4.69, 9.17) is 0 Å². The van der Waals surface area contributed by atoms with Gasteiger partial charge in [0.05, 0.1) is 0 Å². The highest BCUT2D eigenvalue weighted by molar-refractivity contribution is 5.82. The quantitative estimate of drug-likeness (QED) is 0.886. The summed E-state index contributed by atoms with van der Waals surface area (Å²) in [5, 5.41) is 2.92. The fourth-order valence-corrected chi connectivity index (χ4v) is 3.48. The molecule has 1 atom stereocenters. The van der Waals surface area contributed by atoms with Crippen LogP contribution in [0.4, 0.5) is 4.39 Å². The van der Waals surface area contributed by atoms with Crippen molar-refractivity contribution >= 4 is 11.5 Å². The lowest BCUT2D eigenvalue weighted by Gasteiger charge is -2.13. The van der Waals surface area contributed by atoms with E-state index in [1.165, 1.54) is 6.07 Å². The number of rotatable bonds is 4. The number of carbonyl (C=O) groups is 1. The van der Waals surface area contributed by atoms with E-state index in [0.717, 1.165) is 29.5 Å². The molecular formula is C21H21FN2O2. The molecular weight excluding hydrogens is 331 g/mol. The van der Waals surface area contributed by atoms with Gasteiger partial charge in [0.1, 0.15) is 5.82 Å². The largest absolute Gasteiger partial charge is 0.350 e. The van der Waals surface area contributed by atoms with Crippen molar-refractivity contribution in [2.45, 2.75) is 44.6 Å². The van der Waals surface area contributed by atoms with Gasteiger partial charge in [-0.1, -0.05) is 18.2 Å². The molecule has 0 spiro atoms. The average Bonchev–Trinajstić information content (AvgIpc) is 3.37. The molecule has 0 unspecified atom stereocenters. The van der Waals surface area contributed by atoms with Crippen LogP contribution in [0.15, 0.2) is 41.2 Å². The zero-order valence-corrected chi connectivity index (χ0v) is 14.6. The molecule has 4 rings (SSSR count). The summed E-state index contributed by atoms with van der Waals surface area (Å²) in [5.41, 5.74) is 3.62. The third-order valence-electron chi connectivity index (χ3n) is 5.11. The molecule has 2 N–H and O–H groups in total. The molecule has 1 saturated heterocycles. The predicted octanol–water partition coefficient (Wildman–Crippen LogP) is 3.41. The summed E-state index contributed by atoms with van der Waals surface area (Å²) in [4.78, 5) is 27.0. The normalized spacial score (nSPS) is 20.3. The Morgan fingerprint density at radius 2 is 1.96 bits per heavy atom. The molecule has 2 fully saturated rings. The number of aromatic amines is 1. The Kier molecular flexibility index (Phi) is 4.23. The van der Waals surface area contributed by atoms with Crippen LogP contribution in [-0.4, -0.2) is 16.9 Å². The number of nitrogens with one attached hydrogen (secondary N) is 2. The molecule has 134 valence electrons. The summed E-state index contributed by atoms with van der Waals surface area (Å²) in [6.45, 7) is 1.72. The number of pyridine rings is 1. The number of aryl methyl sites for hydroxylation is 1. The number of hydrogen-bond donors (Lipinski definition) is 2. The first-order valence-corrected chi connectivity index (χ1v) is 9.02. The van der Waals surface area contributed by atoms with E-state index in [9.17, 15) is 14.0 Å². The maximum absolute atomic E-state index is 13.7. The monoisotopic (exact) mass is 352 g/mol. The van der Waals surface area contributed by atoms with Gasteiger partial charge in [-0.25, -0.2) is 4.39 Å². The molecule has 1 aliphatic carbocycles. The smallest absolute Gasteiger partial charge is 0.251 e. The second-order valence-electron chi connectivity index (χ2n) is 7.19. The molecule has 1 aliphatic heterocycles. The summed E-state index contributed by atoms with van der Waals surface area (Å²) in [5.74, 6) is 0.140. The van der Waals surface area contributed by atoms with E-state index in [2.05, 4.69) is 10.3 Å². The standard InChI is InChI=1S/C21H21FN2O2/c1-12-10-14(4-7-18(12)22)17(11-15-5-9-20(25)23-15)19-8-6-16(13-2-3-13)21(26)24-19/h4,6-8,10-11,13,15H,2-3,5,9H2,1H3,(H,23,25)(H,24,26)/b17-11-/t15-/m1/s1. The third kappa shape index (κ3) is 3.34. The van der Waals surface area contributed by atoms with Crippen LogP contribution in [0.3, 0.4) is 0 Å². The minimum Gasteiger partial charge on any atom is -0.350 e. The highest BCUT2D eigenvalue weighted by atomic mass is 19.1. The van der Waals surface area contributed by atoms with Crippen LogP contribution >= 0.6 is 0 Å². The number of H-pyrrole nitrogens is 1. The summed E-state index contributed by atoms with van der Waals surface area (Å²) < 4.78 is 13.7. The van der Waals surface area contributed by atoms with Gasteiger partial charge in [-0.05, 0) is 61.4 Å². The Bertz CT molecular complexity index is 957. The third-order valence-corrected chi connectivity index (χ3v) is 5.11. The molecule has 2 aromatic rings. The maximum atomic E-state index is 13.7. The lowest BCUT2D eigenvalue weighted by molar-refractivity contribution is -0.119. The molecule has 0 bridgehead atoms. The van der Waals surface area contributed by atoms with Crippen molar-refractivity contribution in [3.63, 3.8) is 0 Å². The first-order chi connectivity index (χ1) is 12.5. The van der Waals surface area contributed by atoms with Gasteiger partial charge in [-0.15, -0.1) is 0 Å². The van der Waals surface area contributed by atoms with Crippen molar-refractivity contribution in [1.82, 2.24) is 10.3 Å². The average molecular weight is 352 g/mol. The molecule has 1 amide bonds. The van der Waals surface area contributed by atoms with Crippen molar-refractivity contribution in [3.05, 3.63) is 75.0 Å². The zero-order valence-electron chi connectivity index (χ0n) is 14.6. The van der Waals surface area contributed by atoms with Crippen LogP contribution in [0.25, 0.3) is 5.57 Å².